The molecule has 1 heterocycles. The third-order valence-electron chi connectivity index (χ3n) is 3.11. The Hall–Kier alpha value is -0.920. The van der Waals surface area contributed by atoms with Gasteiger partial charge in [-0.25, -0.2) is 0 Å². The van der Waals surface area contributed by atoms with Crippen molar-refractivity contribution in [3.05, 3.63) is 23.3 Å². The van der Waals surface area contributed by atoms with Gasteiger partial charge >= 0.3 is 0 Å². The van der Waals surface area contributed by atoms with Crippen LogP contribution >= 0.6 is 0 Å². The maximum atomic E-state index is 4.86. The molecule has 1 aromatic rings. The van der Waals surface area contributed by atoms with Gasteiger partial charge < -0.3 is 0 Å². The van der Waals surface area contributed by atoms with Crippen molar-refractivity contribution in [2.24, 2.45) is 0 Å². The zero-order chi connectivity index (χ0) is 11.9. The van der Waals surface area contributed by atoms with Gasteiger partial charge in [-0.05, 0) is 18.8 Å². The maximum Gasteiger partial charge on any atom is 0.0655 e. The average Bonchev–Trinajstić information content (AvgIpc) is 2.98. The van der Waals surface area contributed by atoms with E-state index in [4.69, 9.17) is 4.98 Å². The standard InChI is InChI=1S/C14H22N2/c1-9(2)12-13(10-6-7-10)16-11(8-15-12)14(3,4)5/h8-10H,6-7H2,1-5H3. The molecule has 0 atom stereocenters. The molecule has 0 N–H and O–H groups in total. The van der Waals surface area contributed by atoms with Crippen molar-refractivity contribution in [1.82, 2.24) is 9.97 Å². The van der Waals surface area contributed by atoms with Gasteiger partial charge in [0.05, 0.1) is 17.1 Å². The Labute approximate surface area is 98.5 Å². The minimum atomic E-state index is 0.103. The van der Waals surface area contributed by atoms with Gasteiger partial charge in [0, 0.05) is 17.5 Å². The number of aromatic nitrogens is 2. The first-order valence-electron chi connectivity index (χ1n) is 6.27. The van der Waals surface area contributed by atoms with Crippen molar-refractivity contribution in [3.8, 4) is 0 Å². The van der Waals surface area contributed by atoms with Gasteiger partial charge in [0.25, 0.3) is 0 Å². The van der Waals surface area contributed by atoms with Crippen LogP contribution in [0, 0.1) is 0 Å². The Bertz CT molecular complexity index is 384. The molecule has 1 aliphatic rings. The quantitative estimate of drug-likeness (QED) is 0.755. The van der Waals surface area contributed by atoms with Crippen molar-refractivity contribution in [2.75, 3.05) is 0 Å². The van der Waals surface area contributed by atoms with E-state index in [1.54, 1.807) is 0 Å². The van der Waals surface area contributed by atoms with Crippen LogP contribution in [0.25, 0.3) is 0 Å². The second-order valence-electron chi connectivity index (χ2n) is 6.20. The van der Waals surface area contributed by atoms with E-state index >= 15 is 0 Å². The van der Waals surface area contributed by atoms with Gasteiger partial charge in [-0.15, -0.1) is 0 Å². The molecule has 0 unspecified atom stereocenters. The molecule has 1 aliphatic carbocycles. The molecule has 0 spiro atoms. The summed E-state index contributed by atoms with van der Waals surface area (Å²) < 4.78 is 0. The summed E-state index contributed by atoms with van der Waals surface area (Å²) in [6.45, 7) is 11.0. The van der Waals surface area contributed by atoms with E-state index < -0.39 is 0 Å². The highest BCUT2D eigenvalue weighted by molar-refractivity contribution is 5.26. The predicted molar refractivity (Wildman–Crippen MR) is 66.8 cm³/mol. The lowest BCUT2D eigenvalue weighted by atomic mass is 9.92. The van der Waals surface area contributed by atoms with Crippen LogP contribution in [0.2, 0.25) is 0 Å². The first kappa shape index (κ1) is 11.6. The van der Waals surface area contributed by atoms with Crippen LogP contribution in [-0.4, -0.2) is 9.97 Å². The summed E-state index contributed by atoms with van der Waals surface area (Å²) in [4.78, 5) is 9.51. The van der Waals surface area contributed by atoms with Crippen LogP contribution in [0.3, 0.4) is 0 Å². The maximum absolute atomic E-state index is 4.86. The number of hydrogen-bond donors (Lipinski definition) is 0. The fourth-order valence-electron chi connectivity index (χ4n) is 1.88. The predicted octanol–water partition coefficient (Wildman–Crippen LogP) is 3.77. The van der Waals surface area contributed by atoms with Gasteiger partial charge in [-0.3, -0.25) is 9.97 Å². The van der Waals surface area contributed by atoms with E-state index in [1.165, 1.54) is 24.2 Å². The monoisotopic (exact) mass is 218 g/mol. The van der Waals surface area contributed by atoms with E-state index in [1.807, 2.05) is 6.20 Å². The molecule has 0 bridgehead atoms. The summed E-state index contributed by atoms with van der Waals surface area (Å²) in [6.07, 6.45) is 4.55. The molecule has 88 valence electrons. The molecule has 16 heavy (non-hydrogen) atoms. The fourth-order valence-corrected chi connectivity index (χ4v) is 1.88. The number of rotatable bonds is 2. The lowest BCUT2D eigenvalue weighted by Gasteiger charge is -2.20. The molecule has 0 aliphatic heterocycles. The summed E-state index contributed by atoms with van der Waals surface area (Å²) in [5.41, 5.74) is 3.70. The molecule has 0 aromatic carbocycles. The zero-order valence-electron chi connectivity index (χ0n) is 11.0. The van der Waals surface area contributed by atoms with E-state index in [9.17, 15) is 0 Å². The van der Waals surface area contributed by atoms with Crippen molar-refractivity contribution in [3.63, 3.8) is 0 Å². The molecule has 0 radical (unpaired) electrons. The molecular weight excluding hydrogens is 196 g/mol. The lowest BCUT2D eigenvalue weighted by Crippen LogP contribution is -2.16. The summed E-state index contributed by atoms with van der Waals surface area (Å²) >= 11 is 0. The van der Waals surface area contributed by atoms with Crippen LogP contribution in [0.4, 0.5) is 0 Å². The van der Waals surface area contributed by atoms with E-state index in [0.29, 0.717) is 11.8 Å². The third kappa shape index (κ3) is 2.26. The Balaban J connectivity index is 2.44. The minimum absolute atomic E-state index is 0.103. The topological polar surface area (TPSA) is 25.8 Å². The Morgan fingerprint density at radius 3 is 2.31 bits per heavy atom. The van der Waals surface area contributed by atoms with Gasteiger partial charge in [0.1, 0.15) is 0 Å². The zero-order valence-corrected chi connectivity index (χ0v) is 11.0. The van der Waals surface area contributed by atoms with Crippen LogP contribution in [0.15, 0.2) is 6.20 Å². The molecule has 1 aromatic heterocycles. The Kier molecular flexibility index (Phi) is 2.77. The first-order valence-corrected chi connectivity index (χ1v) is 6.27. The molecule has 0 amide bonds. The Morgan fingerprint density at radius 2 is 1.88 bits per heavy atom. The van der Waals surface area contributed by atoms with E-state index in [2.05, 4.69) is 39.6 Å². The second kappa shape index (κ2) is 3.83. The molecule has 2 nitrogen and oxygen atoms in total. The molecular formula is C14H22N2. The number of nitrogens with zero attached hydrogens (tertiary/aromatic N) is 2. The van der Waals surface area contributed by atoms with E-state index in [-0.39, 0.29) is 5.41 Å². The van der Waals surface area contributed by atoms with Crippen molar-refractivity contribution >= 4 is 0 Å². The minimum Gasteiger partial charge on any atom is -0.257 e. The van der Waals surface area contributed by atoms with Gasteiger partial charge in [0.2, 0.25) is 0 Å². The lowest BCUT2D eigenvalue weighted by molar-refractivity contribution is 0.557. The van der Waals surface area contributed by atoms with Gasteiger partial charge in [0.15, 0.2) is 0 Å². The van der Waals surface area contributed by atoms with Crippen molar-refractivity contribution < 1.29 is 0 Å². The molecule has 2 heteroatoms. The fraction of sp³-hybridized carbons (Fsp3) is 0.714. The van der Waals surface area contributed by atoms with Gasteiger partial charge in [-0.1, -0.05) is 34.6 Å². The van der Waals surface area contributed by atoms with Crippen LogP contribution < -0.4 is 0 Å². The normalized spacial score (nSPS) is 16.9. The second-order valence-corrected chi connectivity index (χ2v) is 6.20. The summed E-state index contributed by atoms with van der Waals surface area (Å²) in [5, 5.41) is 0. The average molecular weight is 218 g/mol. The Morgan fingerprint density at radius 1 is 1.25 bits per heavy atom. The third-order valence-corrected chi connectivity index (χ3v) is 3.11. The van der Waals surface area contributed by atoms with Crippen molar-refractivity contribution in [2.45, 2.75) is 64.7 Å². The largest absolute Gasteiger partial charge is 0.257 e. The summed E-state index contributed by atoms with van der Waals surface area (Å²) in [7, 11) is 0. The van der Waals surface area contributed by atoms with Crippen molar-refractivity contribution in [1.29, 1.82) is 0 Å². The van der Waals surface area contributed by atoms with Crippen LogP contribution in [0.5, 0.6) is 0 Å². The van der Waals surface area contributed by atoms with Crippen LogP contribution in [-0.2, 0) is 5.41 Å². The molecule has 1 saturated carbocycles. The highest BCUT2D eigenvalue weighted by Gasteiger charge is 2.30. The van der Waals surface area contributed by atoms with Crippen LogP contribution in [0.1, 0.15) is 76.4 Å². The smallest absolute Gasteiger partial charge is 0.0655 e. The molecule has 1 fully saturated rings. The number of hydrogen-bond acceptors (Lipinski definition) is 2. The van der Waals surface area contributed by atoms with E-state index in [0.717, 1.165) is 5.69 Å². The SMILES string of the molecule is CC(C)c1ncc(C(C)(C)C)nc1C1CC1. The summed E-state index contributed by atoms with van der Waals surface area (Å²) in [5.74, 6) is 1.17. The van der Waals surface area contributed by atoms with Gasteiger partial charge in [-0.2, -0.15) is 0 Å². The summed E-state index contributed by atoms with van der Waals surface area (Å²) in [6, 6.07) is 0. The molecule has 0 saturated heterocycles. The highest BCUT2D eigenvalue weighted by atomic mass is 14.9. The highest BCUT2D eigenvalue weighted by Crippen LogP contribution is 2.42. The molecule has 2 rings (SSSR count). The first-order chi connectivity index (χ1) is 7.39.